The molecule has 1 fully saturated rings. The topological polar surface area (TPSA) is 78.9 Å². The first-order chi connectivity index (χ1) is 9.93. The van der Waals surface area contributed by atoms with Gasteiger partial charge >= 0.3 is 12.0 Å². The molecule has 1 saturated heterocycles. The maximum absolute atomic E-state index is 12.3. The summed E-state index contributed by atoms with van der Waals surface area (Å²) in [5.41, 5.74) is 1.59. The van der Waals surface area contributed by atoms with Crippen LogP contribution in [0.15, 0.2) is 18.2 Å². The summed E-state index contributed by atoms with van der Waals surface area (Å²) in [6, 6.07) is 4.89. The van der Waals surface area contributed by atoms with Gasteiger partial charge in [-0.2, -0.15) is 0 Å². The number of carboxylic acids is 1. The third kappa shape index (κ3) is 3.09. The van der Waals surface area contributed by atoms with E-state index >= 15 is 0 Å². The van der Waals surface area contributed by atoms with Gasteiger partial charge in [0.05, 0.1) is 18.7 Å². The van der Waals surface area contributed by atoms with Crippen LogP contribution in [0, 0.1) is 12.8 Å². The number of aryl methyl sites for hydroxylation is 1. The van der Waals surface area contributed by atoms with Crippen LogP contribution in [0.4, 0.5) is 10.5 Å². The lowest BCUT2D eigenvalue weighted by atomic mass is 10.0. The number of nitrogens with zero attached hydrogens (tertiary/aromatic N) is 1. The number of likely N-dealkylation sites (tertiary alicyclic amines) is 1. The van der Waals surface area contributed by atoms with E-state index in [2.05, 4.69) is 5.32 Å². The van der Waals surface area contributed by atoms with E-state index in [1.165, 1.54) is 0 Å². The quantitative estimate of drug-likeness (QED) is 0.896. The number of benzene rings is 1. The van der Waals surface area contributed by atoms with Crippen molar-refractivity contribution in [3.8, 4) is 5.75 Å². The molecule has 0 bridgehead atoms. The van der Waals surface area contributed by atoms with Gasteiger partial charge in [-0.3, -0.25) is 4.79 Å². The Bertz CT molecular complexity index is 559. The van der Waals surface area contributed by atoms with E-state index < -0.39 is 11.9 Å². The van der Waals surface area contributed by atoms with Crippen LogP contribution in [-0.2, 0) is 4.79 Å². The average molecular weight is 292 g/mol. The second-order valence-electron chi connectivity index (χ2n) is 5.30. The summed E-state index contributed by atoms with van der Waals surface area (Å²) in [6.45, 7) is 4.13. The fourth-order valence-electron chi connectivity index (χ4n) is 2.66. The van der Waals surface area contributed by atoms with Crippen molar-refractivity contribution >= 4 is 17.7 Å². The molecular formula is C15H20N2O4. The van der Waals surface area contributed by atoms with Gasteiger partial charge in [0.2, 0.25) is 0 Å². The number of urea groups is 1. The molecule has 0 radical (unpaired) electrons. The number of hydrogen-bond donors (Lipinski definition) is 2. The van der Waals surface area contributed by atoms with E-state index in [1.54, 1.807) is 25.0 Å². The highest BCUT2D eigenvalue weighted by molar-refractivity contribution is 5.92. The van der Waals surface area contributed by atoms with Crippen molar-refractivity contribution in [3.63, 3.8) is 0 Å². The first-order valence-corrected chi connectivity index (χ1v) is 6.89. The number of methoxy groups -OCH3 is 1. The molecule has 1 aromatic rings. The van der Waals surface area contributed by atoms with E-state index in [0.717, 1.165) is 5.56 Å². The number of nitrogens with one attached hydrogen (secondary N) is 1. The van der Waals surface area contributed by atoms with Crippen molar-refractivity contribution in [2.45, 2.75) is 26.3 Å². The number of ether oxygens (including phenoxy) is 1. The zero-order valence-electron chi connectivity index (χ0n) is 12.4. The molecule has 114 valence electrons. The molecule has 6 nitrogen and oxygen atoms in total. The minimum atomic E-state index is -0.856. The molecule has 1 heterocycles. The van der Waals surface area contributed by atoms with Crippen LogP contribution in [0.2, 0.25) is 0 Å². The van der Waals surface area contributed by atoms with Gasteiger partial charge in [0.25, 0.3) is 0 Å². The van der Waals surface area contributed by atoms with Crippen molar-refractivity contribution in [2.75, 3.05) is 19.0 Å². The van der Waals surface area contributed by atoms with E-state index in [4.69, 9.17) is 9.84 Å². The summed E-state index contributed by atoms with van der Waals surface area (Å²) in [7, 11) is 1.54. The maximum Gasteiger partial charge on any atom is 0.322 e. The second kappa shape index (κ2) is 6.03. The predicted octanol–water partition coefficient (Wildman–Crippen LogP) is 2.33. The van der Waals surface area contributed by atoms with Gasteiger partial charge in [-0.1, -0.05) is 6.07 Å². The molecular weight excluding hydrogens is 272 g/mol. The van der Waals surface area contributed by atoms with Crippen LogP contribution < -0.4 is 10.1 Å². The third-order valence-electron chi connectivity index (χ3n) is 3.93. The van der Waals surface area contributed by atoms with E-state index in [0.29, 0.717) is 24.4 Å². The van der Waals surface area contributed by atoms with Crippen molar-refractivity contribution in [1.29, 1.82) is 0 Å². The monoisotopic (exact) mass is 292 g/mol. The first kappa shape index (κ1) is 15.2. The lowest BCUT2D eigenvalue weighted by Gasteiger charge is -2.24. The van der Waals surface area contributed by atoms with Crippen LogP contribution in [0.25, 0.3) is 0 Å². The minimum absolute atomic E-state index is 0.296. The fourth-order valence-corrected chi connectivity index (χ4v) is 2.66. The molecule has 2 rings (SSSR count). The zero-order chi connectivity index (χ0) is 15.6. The lowest BCUT2D eigenvalue weighted by Crippen LogP contribution is -2.40. The van der Waals surface area contributed by atoms with Crippen LogP contribution in [0.5, 0.6) is 5.75 Å². The summed E-state index contributed by atoms with van der Waals surface area (Å²) in [6.07, 6.45) is 0.481. The minimum Gasteiger partial charge on any atom is -0.495 e. The van der Waals surface area contributed by atoms with Crippen LogP contribution >= 0.6 is 0 Å². The van der Waals surface area contributed by atoms with Crippen molar-refractivity contribution in [2.24, 2.45) is 5.92 Å². The van der Waals surface area contributed by atoms with Gasteiger partial charge in [0.15, 0.2) is 0 Å². The van der Waals surface area contributed by atoms with Gasteiger partial charge in [-0.15, -0.1) is 0 Å². The van der Waals surface area contributed by atoms with Gasteiger partial charge in [-0.25, -0.2) is 4.79 Å². The molecule has 21 heavy (non-hydrogen) atoms. The molecule has 1 aliphatic rings. The largest absolute Gasteiger partial charge is 0.495 e. The van der Waals surface area contributed by atoms with Crippen molar-refractivity contribution < 1.29 is 19.4 Å². The highest BCUT2D eigenvalue weighted by Crippen LogP contribution is 2.28. The number of amides is 2. The lowest BCUT2D eigenvalue weighted by molar-refractivity contribution is -0.142. The molecule has 6 heteroatoms. The van der Waals surface area contributed by atoms with Gasteiger partial charge in [-0.05, 0) is 38.0 Å². The third-order valence-corrected chi connectivity index (χ3v) is 3.93. The molecule has 0 aliphatic carbocycles. The molecule has 1 aromatic carbocycles. The SMILES string of the molecule is COc1ccc(C)cc1NC(=O)N1CCC(C(=O)O)C1C. The number of carbonyl (C=O) groups excluding carboxylic acids is 1. The number of carbonyl (C=O) groups is 2. The number of hydrogen-bond acceptors (Lipinski definition) is 3. The molecule has 2 atom stereocenters. The summed E-state index contributed by atoms with van der Waals surface area (Å²) in [5, 5.41) is 11.9. The molecule has 2 amide bonds. The molecule has 0 spiro atoms. The smallest absolute Gasteiger partial charge is 0.322 e. The highest BCUT2D eigenvalue weighted by atomic mass is 16.5. The summed E-state index contributed by atoms with van der Waals surface area (Å²) in [5.74, 6) is -0.781. The maximum atomic E-state index is 12.3. The van der Waals surface area contributed by atoms with Crippen LogP contribution in [0.1, 0.15) is 18.9 Å². The molecule has 0 saturated carbocycles. The molecule has 0 aromatic heterocycles. The molecule has 1 aliphatic heterocycles. The predicted molar refractivity (Wildman–Crippen MR) is 78.7 cm³/mol. The fraction of sp³-hybridized carbons (Fsp3) is 0.467. The molecule has 2 N–H and O–H groups in total. The number of carboxylic acid groups (broad SMARTS) is 1. The number of anilines is 1. The Balaban J connectivity index is 2.12. The Labute approximate surface area is 123 Å². The number of rotatable bonds is 3. The Morgan fingerprint density at radius 3 is 2.71 bits per heavy atom. The van der Waals surface area contributed by atoms with E-state index in [-0.39, 0.29) is 12.1 Å². The number of aliphatic carboxylic acids is 1. The standard InChI is InChI=1S/C15H20N2O4/c1-9-4-5-13(21-3)12(8-9)16-15(20)17-7-6-11(10(17)2)14(18)19/h4-5,8,10-11H,6-7H2,1-3H3,(H,16,20)(H,18,19). The van der Waals surface area contributed by atoms with Gasteiger partial charge < -0.3 is 20.1 Å². The van der Waals surface area contributed by atoms with Crippen molar-refractivity contribution in [3.05, 3.63) is 23.8 Å². The summed E-state index contributed by atoms with van der Waals surface area (Å²) < 4.78 is 5.22. The zero-order valence-corrected chi connectivity index (χ0v) is 12.4. The Hall–Kier alpha value is -2.24. The Morgan fingerprint density at radius 1 is 1.43 bits per heavy atom. The van der Waals surface area contributed by atoms with E-state index in [9.17, 15) is 9.59 Å². The van der Waals surface area contributed by atoms with Crippen molar-refractivity contribution in [1.82, 2.24) is 4.90 Å². The highest BCUT2D eigenvalue weighted by Gasteiger charge is 2.38. The van der Waals surface area contributed by atoms with Crippen LogP contribution in [0.3, 0.4) is 0 Å². The van der Waals surface area contributed by atoms with Gasteiger partial charge in [0, 0.05) is 12.6 Å². The Kier molecular flexibility index (Phi) is 4.35. The second-order valence-corrected chi connectivity index (χ2v) is 5.30. The van der Waals surface area contributed by atoms with E-state index in [1.807, 2.05) is 19.1 Å². The van der Waals surface area contributed by atoms with Gasteiger partial charge in [0.1, 0.15) is 5.75 Å². The summed E-state index contributed by atoms with van der Waals surface area (Å²) in [4.78, 5) is 25.0. The normalized spacial score (nSPS) is 21.2. The molecule has 2 unspecified atom stereocenters. The summed E-state index contributed by atoms with van der Waals surface area (Å²) >= 11 is 0. The van der Waals surface area contributed by atoms with Crippen LogP contribution in [-0.4, -0.2) is 41.7 Å². The Morgan fingerprint density at radius 2 is 2.14 bits per heavy atom. The average Bonchev–Trinajstić information content (AvgIpc) is 2.81. The first-order valence-electron chi connectivity index (χ1n) is 6.89.